The van der Waals surface area contributed by atoms with Crippen LogP contribution in [0.4, 0.5) is 0 Å². The van der Waals surface area contributed by atoms with E-state index in [1.54, 1.807) is 29.4 Å². The summed E-state index contributed by atoms with van der Waals surface area (Å²) in [6.45, 7) is 8.26. The van der Waals surface area contributed by atoms with Gasteiger partial charge in [0.2, 0.25) is 11.8 Å². The second-order valence-corrected chi connectivity index (χ2v) is 7.02. The van der Waals surface area contributed by atoms with Gasteiger partial charge in [-0.05, 0) is 26.2 Å². The van der Waals surface area contributed by atoms with Crippen LogP contribution in [0, 0.1) is 12.8 Å². The molecule has 0 aliphatic carbocycles. The van der Waals surface area contributed by atoms with Crippen molar-refractivity contribution in [2.45, 2.75) is 52.7 Å². The molecule has 1 saturated heterocycles. The van der Waals surface area contributed by atoms with E-state index in [0.29, 0.717) is 18.9 Å². The van der Waals surface area contributed by atoms with E-state index in [4.69, 9.17) is 0 Å². The maximum atomic E-state index is 12.5. The van der Waals surface area contributed by atoms with Gasteiger partial charge in [0.1, 0.15) is 17.1 Å². The van der Waals surface area contributed by atoms with Gasteiger partial charge in [-0.25, -0.2) is 4.98 Å². The van der Waals surface area contributed by atoms with E-state index in [1.807, 2.05) is 20.8 Å². The molecule has 110 valence electrons. The van der Waals surface area contributed by atoms with E-state index in [0.717, 1.165) is 9.88 Å². The Bertz CT molecular complexity index is 512. The molecule has 2 atom stereocenters. The van der Waals surface area contributed by atoms with E-state index >= 15 is 0 Å². The van der Waals surface area contributed by atoms with Crippen LogP contribution in [-0.2, 0) is 16.1 Å². The number of aryl methyl sites for hydroxylation is 1. The molecule has 0 bridgehead atoms. The van der Waals surface area contributed by atoms with Crippen LogP contribution in [0.3, 0.4) is 0 Å². The largest absolute Gasteiger partial charge is 0.343 e. The topological polar surface area (TPSA) is 62.3 Å². The number of carbonyl (C=O) groups is 2. The first-order chi connectivity index (χ1) is 9.38. The van der Waals surface area contributed by atoms with E-state index in [1.165, 1.54) is 0 Å². The van der Waals surface area contributed by atoms with Crippen molar-refractivity contribution in [2.24, 2.45) is 5.92 Å². The zero-order valence-corrected chi connectivity index (χ0v) is 13.2. The van der Waals surface area contributed by atoms with Gasteiger partial charge in [-0.15, -0.1) is 11.3 Å². The molecular formula is C14H21N3O2S. The summed E-state index contributed by atoms with van der Waals surface area (Å²) in [6, 6.07) is -0.838. The molecule has 1 fully saturated rings. The van der Waals surface area contributed by atoms with Gasteiger partial charge in [0.15, 0.2) is 0 Å². The fourth-order valence-corrected chi connectivity index (χ4v) is 3.14. The molecule has 1 aromatic rings. The lowest BCUT2D eigenvalue weighted by molar-refractivity contribution is -0.149. The third kappa shape index (κ3) is 3.17. The average molecular weight is 295 g/mol. The van der Waals surface area contributed by atoms with Gasteiger partial charge in [-0.2, -0.15) is 0 Å². The second-order valence-electron chi connectivity index (χ2n) is 5.70. The Morgan fingerprint density at radius 2 is 2.15 bits per heavy atom. The summed E-state index contributed by atoms with van der Waals surface area (Å²) >= 11 is 1.57. The molecule has 0 radical (unpaired) electrons. The number of nitrogens with one attached hydrogen (secondary N) is 1. The summed E-state index contributed by atoms with van der Waals surface area (Å²) in [5, 5.41) is 3.70. The van der Waals surface area contributed by atoms with Gasteiger partial charge in [0.25, 0.3) is 0 Å². The van der Waals surface area contributed by atoms with Crippen molar-refractivity contribution in [3.05, 3.63) is 16.1 Å². The number of carbonyl (C=O) groups excluding carboxylic acids is 2. The van der Waals surface area contributed by atoms with Crippen molar-refractivity contribution in [2.75, 3.05) is 0 Å². The summed E-state index contributed by atoms with van der Waals surface area (Å²) in [6.07, 6.45) is 2.47. The van der Waals surface area contributed by atoms with Crippen molar-refractivity contribution >= 4 is 23.2 Å². The highest BCUT2D eigenvalue weighted by Gasteiger charge is 2.38. The highest BCUT2D eigenvalue weighted by molar-refractivity contribution is 7.11. The molecule has 0 aromatic carbocycles. The fraction of sp³-hybridized carbons (Fsp3) is 0.643. The minimum Gasteiger partial charge on any atom is -0.343 e. The van der Waals surface area contributed by atoms with Gasteiger partial charge in [0.05, 0.1) is 6.54 Å². The number of aromatic nitrogens is 1. The van der Waals surface area contributed by atoms with Crippen LogP contribution in [0.15, 0.2) is 6.20 Å². The molecule has 2 amide bonds. The molecular weight excluding hydrogens is 274 g/mol. The van der Waals surface area contributed by atoms with Crippen LogP contribution >= 0.6 is 11.3 Å². The van der Waals surface area contributed by atoms with Gasteiger partial charge < -0.3 is 10.2 Å². The number of nitrogens with zero attached hydrogens (tertiary/aromatic N) is 2. The highest BCUT2D eigenvalue weighted by atomic mass is 32.1. The van der Waals surface area contributed by atoms with Gasteiger partial charge in [-0.3, -0.25) is 9.59 Å². The average Bonchev–Trinajstić information content (AvgIpc) is 2.77. The predicted molar refractivity (Wildman–Crippen MR) is 78.2 cm³/mol. The lowest BCUT2D eigenvalue weighted by atomic mass is 9.99. The molecule has 1 aromatic heterocycles. The minimum atomic E-state index is -0.435. The van der Waals surface area contributed by atoms with Gasteiger partial charge in [-0.1, -0.05) is 13.8 Å². The lowest BCUT2D eigenvalue weighted by Gasteiger charge is -2.37. The first-order valence-electron chi connectivity index (χ1n) is 6.90. The van der Waals surface area contributed by atoms with Crippen molar-refractivity contribution in [1.29, 1.82) is 0 Å². The number of amides is 2. The monoisotopic (exact) mass is 295 g/mol. The highest BCUT2D eigenvalue weighted by Crippen LogP contribution is 2.20. The number of thiazole rings is 1. The van der Waals surface area contributed by atoms with Crippen molar-refractivity contribution in [3.8, 4) is 0 Å². The summed E-state index contributed by atoms with van der Waals surface area (Å²) in [5.41, 5.74) is 0. The molecule has 0 saturated carbocycles. The molecule has 20 heavy (non-hydrogen) atoms. The predicted octanol–water partition coefficient (Wildman–Crippen LogP) is 1.71. The normalized spacial score (nSPS) is 23.4. The molecule has 1 aliphatic rings. The Morgan fingerprint density at radius 1 is 1.45 bits per heavy atom. The van der Waals surface area contributed by atoms with E-state index in [2.05, 4.69) is 10.3 Å². The first-order valence-corrected chi connectivity index (χ1v) is 7.72. The summed E-state index contributed by atoms with van der Waals surface area (Å²) in [5.74, 6) is 0.281. The van der Waals surface area contributed by atoms with Crippen molar-refractivity contribution < 1.29 is 9.59 Å². The smallest absolute Gasteiger partial charge is 0.246 e. The minimum absolute atomic E-state index is 0.00125. The molecule has 1 aliphatic heterocycles. The standard InChI is InChI=1S/C14H21N3O2S/c1-8(2)5-11-14(19)17(10(4)13(18)16-11)7-12-15-6-9(3)20-12/h6,8,10-11H,5,7H2,1-4H3,(H,16,18). The van der Waals surface area contributed by atoms with Crippen LogP contribution in [0.1, 0.15) is 37.1 Å². The Labute approximate surface area is 123 Å². The number of hydrogen-bond donors (Lipinski definition) is 1. The lowest BCUT2D eigenvalue weighted by Crippen LogP contribution is -2.62. The van der Waals surface area contributed by atoms with Crippen LogP contribution in [0.5, 0.6) is 0 Å². The Kier molecular flexibility index (Phi) is 4.42. The second kappa shape index (κ2) is 5.91. The third-order valence-corrected chi connectivity index (χ3v) is 4.32. The third-order valence-electron chi connectivity index (χ3n) is 3.43. The van der Waals surface area contributed by atoms with Crippen molar-refractivity contribution in [3.63, 3.8) is 0 Å². The Hall–Kier alpha value is -1.43. The summed E-state index contributed by atoms with van der Waals surface area (Å²) < 4.78 is 0. The zero-order valence-electron chi connectivity index (χ0n) is 12.3. The summed E-state index contributed by atoms with van der Waals surface area (Å²) in [7, 11) is 0. The van der Waals surface area contributed by atoms with Gasteiger partial charge in [0, 0.05) is 11.1 Å². The molecule has 2 rings (SSSR count). The quantitative estimate of drug-likeness (QED) is 0.920. The SMILES string of the molecule is Cc1cnc(CN2C(=O)C(CC(C)C)NC(=O)C2C)s1. The molecule has 2 heterocycles. The van der Waals surface area contributed by atoms with Crippen molar-refractivity contribution in [1.82, 2.24) is 15.2 Å². The Morgan fingerprint density at radius 3 is 2.70 bits per heavy atom. The fourth-order valence-electron chi connectivity index (χ4n) is 2.35. The maximum absolute atomic E-state index is 12.5. The molecule has 6 heteroatoms. The first kappa shape index (κ1) is 15.0. The Balaban J connectivity index is 2.15. The number of hydrogen-bond acceptors (Lipinski definition) is 4. The van der Waals surface area contributed by atoms with Crippen LogP contribution < -0.4 is 5.32 Å². The van der Waals surface area contributed by atoms with Crippen LogP contribution in [0.25, 0.3) is 0 Å². The molecule has 5 nitrogen and oxygen atoms in total. The number of piperazine rings is 1. The van der Waals surface area contributed by atoms with Gasteiger partial charge >= 0.3 is 0 Å². The van der Waals surface area contributed by atoms with Crippen LogP contribution in [0.2, 0.25) is 0 Å². The van der Waals surface area contributed by atoms with E-state index in [9.17, 15) is 9.59 Å². The molecule has 1 N–H and O–H groups in total. The molecule has 0 spiro atoms. The zero-order chi connectivity index (χ0) is 14.9. The van der Waals surface area contributed by atoms with Crippen LogP contribution in [-0.4, -0.2) is 33.8 Å². The van der Waals surface area contributed by atoms with E-state index < -0.39 is 12.1 Å². The maximum Gasteiger partial charge on any atom is 0.246 e. The van der Waals surface area contributed by atoms with E-state index in [-0.39, 0.29) is 11.8 Å². The molecule has 2 unspecified atom stereocenters. The summed E-state index contributed by atoms with van der Waals surface area (Å²) in [4.78, 5) is 31.6. The number of rotatable bonds is 4.